The van der Waals surface area contributed by atoms with Gasteiger partial charge in [-0.05, 0) is 29.7 Å². The van der Waals surface area contributed by atoms with Crippen LogP contribution in [-0.4, -0.2) is 17.8 Å². The van der Waals surface area contributed by atoms with E-state index in [9.17, 15) is 4.79 Å². The lowest BCUT2D eigenvalue weighted by atomic mass is 9.99. The summed E-state index contributed by atoms with van der Waals surface area (Å²) in [5, 5.41) is 1.01. The molecule has 3 aromatic rings. The molecule has 0 atom stereocenters. The first kappa shape index (κ1) is 13.0. The number of pyridine rings is 1. The molecular formula is C19H16N2O. The molecule has 0 amide bonds. The summed E-state index contributed by atoms with van der Waals surface area (Å²) in [6.45, 7) is 1.70. The van der Waals surface area contributed by atoms with Crippen molar-refractivity contribution in [3.63, 3.8) is 0 Å². The zero-order chi connectivity index (χ0) is 14.9. The average molecular weight is 288 g/mol. The number of aromatic nitrogens is 1. The summed E-state index contributed by atoms with van der Waals surface area (Å²) < 4.78 is 0. The quantitative estimate of drug-likeness (QED) is 0.675. The highest BCUT2D eigenvalue weighted by Gasteiger charge is 2.20. The van der Waals surface area contributed by atoms with Gasteiger partial charge in [0, 0.05) is 18.5 Å². The predicted molar refractivity (Wildman–Crippen MR) is 88.3 cm³/mol. The van der Waals surface area contributed by atoms with Crippen molar-refractivity contribution >= 4 is 23.0 Å². The largest absolute Gasteiger partial charge is 0.351 e. The fourth-order valence-corrected chi connectivity index (χ4v) is 3.14. The smallest absolute Gasteiger partial charge is 0.153 e. The zero-order valence-electron chi connectivity index (χ0n) is 12.2. The van der Waals surface area contributed by atoms with E-state index < -0.39 is 0 Å². The van der Waals surface area contributed by atoms with Crippen molar-refractivity contribution in [2.75, 3.05) is 11.4 Å². The molecule has 0 unspecified atom stereocenters. The zero-order valence-corrected chi connectivity index (χ0v) is 12.2. The Balaban J connectivity index is 1.79. The van der Waals surface area contributed by atoms with Gasteiger partial charge in [0.2, 0.25) is 0 Å². The number of hydrogen-bond acceptors (Lipinski definition) is 3. The molecule has 2 heterocycles. The first-order valence-corrected chi connectivity index (χ1v) is 7.52. The lowest BCUT2D eigenvalue weighted by molar-refractivity contribution is 0.112. The molecule has 1 aliphatic heterocycles. The summed E-state index contributed by atoms with van der Waals surface area (Å²) >= 11 is 0. The Hall–Kier alpha value is -2.68. The number of rotatable bonds is 2. The van der Waals surface area contributed by atoms with E-state index in [1.807, 2.05) is 30.3 Å². The predicted octanol–water partition coefficient (Wildman–Crippen LogP) is 3.61. The lowest BCUT2D eigenvalue weighted by Gasteiger charge is -2.30. The van der Waals surface area contributed by atoms with Crippen LogP contribution in [0.25, 0.3) is 10.9 Å². The highest BCUT2D eigenvalue weighted by Crippen LogP contribution is 2.27. The molecule has 1 aromatic heterocycles. The van der Waals surface area contributed by atoms with E-state index in [1.165, 1.54) is 11.1 Å². The highest BCUT2D eigenvalue weighted by atomic mass is 16.1. The van der Waals surface area contributed by atoms with Gasteiger partial charge in [-0.1, -0.05) is 42.5 Å². The van der Waals surface area contributed by atoms with Crippen molar-refractivity contribution in [2.24, 2.45) is 0 Å². The Morgan fingerprint density at radius 3 is 2.64 bits per heavy atom. The van der Waals surface area contributed by atoms with Gasteiger partial charge in [-0.25, -0.2) is 4.98 Å². The minimum Gasteiger partial charge on any atom is -0.351 e. The fraction of sp³-hybridized carbons (Fsp3) is 0.158. The van der Waals surface area contributed by atoms with Crippen LogP contribution in [0.15, 0.2) is 54.6 Å². The molecule has 3 heteroatoms. The van der Waals surface area contributed by atoms with Crippen LogP contribution in [0.1, 0.15) is 21.5 Å². The third kappa shape index (κ3) is 2.15. The van der Waals surface area contributed by atoms with Gasteiger partial charge in [-0.3, -0.25) is 4.79 Å². The van der Waals surface area contributed by atoms with E-state index in [1.54, 1.807) is 0 Å². The van der Waals surface area contributed by atoms with Crippen LogP contribution in [0.3, 0.4) is 0 Å². The molecule has 0 radical (unpaired) electrons. The first-order chi connectivity index (χ1) is 10.8. The van der Waals surface area contributed by atoms with Crippen LogP contribution in [0.2, 0.25) is 0 Å². The highest BCUT2D eigenvalue weighted by molar-refractivity contribution is 5.91. The molecule has 4 rings (SSSR count). The van der Waals surface area contributed by atoms with Crippen LogP contribution in [0, 0.1) is 0 Å². The number of carbonyl (C=O) groups is 1. The summed E-state index contributed by atoms with van der Waals surface area (Å²) in [5.74, 6) is 0.795. The molecule has 0 N–H and O–H groups in total. The third-order valence-corrected chi connectivity index (χ3v) is 4.29. The summed E-state index contributed by atoms with van der Waals surface area (Å²) in [6.07, 6.45) is 1.90. The van der Waals surface area contributed by atoms with Crippen LogP contribution in [-0.2, 0) is 13.0 Å². The number of benzene rings is 2. The second-order valence-electron chi connectivity index (χ2n) is 5.65. The molecule has 3 nitrogen and oxygen atoms in total. The molecule has 2 aromatic carbocycles. The number of nitrogens with zero attached hydrogens (tertiary/aromatic N) is 2. The topological polar surface area (TPSA) is 33.2 Å². The molecule has 0 saturated carbocycles. The fourth-order valence-electron chi connectivity index (χ4n) is 3.14. The van der Waals surface area contributed by atoms with E-state index >= 15 is 0 Å². The second kappa shape index (κ2) is 5.26. The number of para-hydroxylation sites is 1. The van der Waals surface area contributed by atoms with Crippen molar-refractivity contribution < 1.29 is 4.79 Å². The van der Waals surface area contributed by atoms with E-state index in [0.717, 1.165) is 42.5 Å². The Kier molecular flexibility index (Phi) is 3.11. The van der Waals surface area contributed by atoms with E-state index in [-0.39, 0.29) is 0 Å². The molecule has 22 heavy (non-hydrogen) atoms. The molecule has 0 fully saturated rings. The summed E-state index contributed by atoms with van der Waals surface area (Å²) in [4.78, 5) is 18.4. The van der Waals surface area contributed by atoms with Crippen molar-refractivity contribution in [1.82, 2.24) is 4.98 Å². The van der Waals surface area contributed by atoms with Crippen molar-refractivity contribution in [3.8, 4) is 0 Å². The molecule has 1 aliphatic rings. The van der Waals surface area contributed by atoms with Gasteiger partial charge in [-0.15, -0.1) is 0 Å². The molecule has 0 bridgehead atoms. The van der Waals surface area contributed by atoms with Gasteiger partial charge in [0.15, 0.2) is 6.29 Å². The Bertz CT molecular complexity index is 857. The second-order valence-corrected chi connectivity index (χ2v) is 5.65. The standard InChI is InChI=1S/C19H16N2O/c22-13-17-11-15-6-3-4-8-18(15)20-19(17)21-10-9-14-5-1-2-7-16(14)12-21/h1-8,11,13H,9-10,12H2. The first-order valence-electron chi connectivity index (χ1n) is 7.52. The maximum atomic E-state index is 11.5. The molecule has 108 valence electrons. The molecule has 0 saturated heterocycles. The van der Waals surface area contributed by atoms with E-state index in [0.29, 0.717) is 5.56 Å². The SMILES string of the molecule is O=Cc1cc2ccccc2nc1N1CCc2ccccc2C1. The Morgan fingerprint density at radius 2 is 1.77 bits per heavy atom. The van der Waals surface area contributed by atoms with Crippen molar-refractivity contribution in [3.05, 3.63) is 71.3 Å². The number of fused-ring (bicyclic) bond motifs is 2. The monoisotopic (exact) mass is 288 g/mol. The van der Waals surface area contributed by atoms with E-state index in [2.05, 4.69) is 29.2 Å². The van der Waals surface area contributed by atoms with Gasteiger partial charge < -0.3 is 4.90 Å². The maximum absolute atomic E-state index is 11.5. The van der Waals surface area contributed by atoms with Crippen LogP contribution >= 0.6 is 0 Å². The average Bonchev–Trinajstić information content (AvgIpc) is 2.60. The van der Waals surface area contributed by atoms with Crippen LogP contribution in [0.5, 0.6) is 0 Å². The summed E-state index contributed by atoms with van der Waals surface area (Å²) in [7, 11) is 0. The van der Waals surface area contributed by atoms with Gasteiger partial charge >= 0.3 is 0 Å². The van der Waals surface area contributed by atoms with Crippen LogP contribution < -0.4 is 4.90 Å². The maximum Gasteiger partial charge on any atom is 0.153 e. The Labute approximate surface area is 129 Å². The summed E-state index contributed by atoms with van der Waals surface area (Å²) in [6, 6.07) is 18.3. The Morgan fingerprint density at radius 1 is 1.00 bits per heavy atom. The minimum absolute atomic E-state index is 0.665. The van der Waals surface area contributed by atoms with Gasteiger partial charge in [0.1, 0.15) is 5.82 Å². The number of carbonyl (C=O) groups excluding carboxylic acids is 1. The number of hydrogen-bond donors (Lipinski definition) is 0. The number of aldehydes is 1. The molecular weight excluding hydrogens is 272 g/mol. The van der Waals surface area contributed by atoms with Crippen molar-refractivity contribution in [2.45, 2.75) is 13.0 Å². The lowest BCUT2D eigenvalue weighted by Crippen LogP contribution is -2.31. The van der Waals surface area contributed by atoms with Crippen molar-refractivity contribution in [1.29, 1.82) is 0 Å². The van der Waals surface area contributed by atoms with E-state index in [4.69, 9.17) is 4.98 Å². The number of anilines is 1. The summed E-state index contributed by atoms with van der Waals surface area (Å²) in [5.41, 5.74) is 4.31. The van der Waals surface area contributed by atoms with Gasteiger partial charge in [0.25, 0.3) is 0 Å². The van der Waals surface area contributed by atoms with Gasteiger partial charge in [0.05, 0.1) is 11.1 Å². The normalized spacial score (nSPS) is 13.9. The molecule has 0 aliphatic carbocycles. The minimum atomic E-state index is 0.665. The van der Waals surface area contributed by atoms with Gasteiger partial charge in [-0.2, -0.15) is 0 Å². The molecule has 0 spiro atoms. The van der Waals surface area contributed by atoms with Crippen LogP contribution in [0.4, 0.5) is 5.82 Å². The third-order valence-electron chi connectivity index (χ3n) is 4.29.